The minimum atomic E-state index is -1.77. The topological polar surface area (TPSA) is 145 Å². The highest BCUT2D eigenvalue weighted by molar-refractivity contribution is 6.01. The summed E-state index contributed by atoms with van der Waals surface area (Å²) in [5.41, 5.74) is 14.4. The van der Waals surface area contributed by atoms with E-state index >= 15 is 0 Å². The van der Waals surface area contributed by atoms with Gasteiger partial charge in [-0.15, -0.1) is 13.2 Å². The van der Waals surface area contributed by atoms with Crippen LogP contribution in [0.5, 0.6) is 11.5 Å². The molecule has 0 spiro atoms. The molecule has 2 aliphatic carbocycles. The third-order valence-electron chi connectivity index (χ3n) is 12.8. The maximum atomic E-state index is 13.4. The Bertz CT molecular complexity index is 1760. The summed E-state index contributed by atoms with van der Waals surface area (Å²) in [5, 5.41) is 22.8. The first kappa shape index (κ1) is 47.1. The Morgan fingerprint density at radius 1 is 0.607 bits per heavy atom. The van der Waals surface area contributed by atoms with Crippen LogP contribution in [0.2, 0.25) is 0 Å². The number of aliphatic hydroxyl groups excluding tert-OH is 2. The molecule has 6 N–H and O–H groups in total. The second kappa shape index (κ2) is 25.1. The van der Waals surface area contributed by atoms with Crippen molar-refractivity contribution < 1.29 is 29.3 Å². The number of ketones is 2. The third-order valence-corrected chi connectivity index (χ3v) is 12.8. The van der Waals surface area contributed by atoms with Crippen molar-refractivity contribution in [1.82, 2.24) is 0 Å². The molecule has 0 bridgehead atoms. The SMILES string of the molecule is C=CCCCCC1CCC(COc2ccc(/C=C/C(=O)C(O)C(c3ccc(N)cc3N)C(O)C(=O)/C=C/c3ccc(OCC4CCC(CCCCC=C)CC4)cc3)cc2)CC1. The summed E-state index contributed by atoms with van der Waals surface area (Å²) in [4.78, 5) is 26.9. The van der Waals surface area contributed by atoms with Crippen LogP contribution in [0.25, 0.3) is 12.2 Å². The van der Waals surface area contributed by atoms with Gasteiger partial charge in [0, 0.05) is 11.4 Å². The summed E-state index contributed by atoms with van der Waals surface area (Å²) in [7, 11) is 0. The molecule has 2 atom stereocenters. The highest BCUT2D eigenvalue weighted by Gasteiger charge is 2.36. The molecule has 0 aromatic heterocycles. The molecule has 0 amide bonds. The number of rotatable bonds is 25. The number of allylic oxidation sites excluding steroid dienone is 2. The smallest absolute Gasteiger partial charge is 0.184 e. The lowest BCUT2D eigenvalue weighted by molar-refractivity contribution is -0.130. The van der Waals surface area contributed by atoms with E-state index in [-0.39, 0.29) is 11.3 Å². The number of carbonyl (C=O) groups excluding carboxylic acids is 2. The molecular weight excluding hydrogens is 761 g/mol. The molecule has 328 valence electrons. The first-order valence-corrected chi connectivity index (χ1v) is 22.8. The van der Waals surface area contributed by atoms with Gasteiger partial charge in [-0.25, -0.2) is 0 Å². The number of ether oxygens (including phenoxy) is 2. The molecule has 2 aliphatic rings. The van der Waals surface area contributed by atoms with E-state index in [4.69, 9.17) is 20.9 Å². The minimum Gasteiger partial charge on any atom is -0.493 e. The van der Waals surface area contributed by atoms with E-state index in [9.17, 15) is 19.8 Å². The van der Waals surface area contributed by atoms with E-state index in [1.165, 1.54) is 114 Å². The molecule has 0 radical (unpaired) electrons. The standard InChI is InChI=1S/C53H70N2O6/c1-3-5-7-9-11-38-13-17-42(18-14-38)36-60-45-28-21-40(22-29-45)25-33-49(56)52(58)51(47-32-27-44(54)35-48(47)55)53(59)50(57)34-26-41-23-30-46(31-24-41)61-37-43-19-15-39(16-20-43)12-10-8-6-4-2/h3-4,21-35,38-39,42-43,51-53,58-59H,1-2,5-20,36-37,54-55H2/b33-25+,34-26+. The number of anilines is 2. The molecule has 2 unspecified atom stereocenters. The molecule has 0 aliphatic heterocycles. The first-order valence-electron chi connectivity index (χ1n) is 22.8. The van der Waals surface area contributed by atoms with Crippen LogP contribution in [0.3, 0.4) is 0 Å². The van der Waals surface area contributed by atoms with E-state index in [0.29, 0.717) is 30.7 Å². The van der Waals surface area contributed by atoms with Crippen LogP contribution < -0.4 is 20.9 Å². The van der Waals surface area contributed by atoms with Gasteiger partial charge in [0.25, 0.3) is 0 Å². The Morgan fingerprint density at radius 2 is 1.02 bits per heavy atom. The van der Waals surface area contributed by atoms with Gasteiger partial charge in [0.2, 0.25) is 0 Å². The number of benzene rings is 3. The van der Waals surface area contributed by atoms with Crippen molar-refractivity contribution in [2.75, 3.05) is 24.7 Å². The summed E-state index contributed by atoms with van der Waals surface area (Å²) in [5.74, 6) is 1.59. The highest BCUT2D eigenvalue weighted by atomic mass is 16.5. The normalized spacial score (nSPS) is 20.8. The predicted molar refractivity (Wildman–Crippen MR) is 250 cm³/mol. The molecule has 0 saturated heterocycles. The van der Waals surface area contributed by atoms with Crippen LogP contribution >= 0.6 is 0 Å². The minimum absolute atomic E-state index is 0.155. The van der Waals surface area contributed by atoms with Gasteiger partial charge >= 0.3 is 0 Å². The molecule has 61 heavy (non-hydrogen) atoms. The van der Waals surface area contributed by atoms with Crippen LogP contribution in [0.15, 0.2) is 104 Å². The molecule has 2 fully saturated rings. The van der Waals surface area contributed by atoms with Crippen molar-refractivity contribution >= 4 is 35.1 Å². The Balaban J connectivity index is 1.11. The molecule has 8 heteroatoms. The molecule has 8 nitrogen and oxygen atoms in total. The average molecular weight is 831 g/mol. The van der Waals surface area contributed by atoms with Crippen LogP contribution in [0.4, 0.5) is 11.4 Å². The zero-order valence-corrected chi connectivity index (χ0v) is 36.2. The molecule has 5 rings (SSSR count). The number of unbranched alkanes of at least 4 members (excludes halogenated alkanes) is 4. The Labute approximate surface area is 364 Å². The number of carbonyl (C=O) groups is 2. The molecule has 0 heterocycles. The summed E-state index contributed by atoms with van der Waals surface area (Å²) >= 11 is 0. The van der Waals surface area contributed by atoms with Crippen LogP contribution in [-0.4, -0.2) is 47.2 Å². The second-order valence-electron chi connectivity index (χ2n) is 17.5. The van der Waals surface area contributed by atoms with Crippen molar-refractivity contribution in [2.24, 2.45) is 23.7 Å². The average Bonchev–Trinajstić information content (AvgIpc) is 3.28. The largest absolute Gasteiger partial charge is 0.493 e. The van der Waals surface area contributed by atoms with E-state index in [1.54, 1.807) is 18.2 Å². The predicted octanol–water partition coefficient (Wildman–Crippen LogP) is 11.1. The maximum absolute atomic E-state index is 13.4. The van der Waals surface area contributed by atoms with Gasteiger partial charge < -0.3 is 31.2 Å². The number of hydrogen-bond donors (Lipinski definition) is 4. The van der Waals surface area contributed by atoms with Crippen molar-refractivity contribution in [3.8, 4) is 11.5 Å². The maximum Gasteiger partial charge on any atom is 0.184 e. The molecule has 3 aromatic carbocycles. The quantitative estimate of drug-likeness (QED) is 0.0286. The second-order valence-corrected chi connectivity index (χ2v) is 17.5. The number of nitrogen functional groups attached to an aromatic ring is 2. The van der Waals surface area contributed by atoms with E-state index < -0.39 is 29.7 Å². The van der Waals surface area contributed by atoms with E-state index in [1.807, 2.05) is 60.7 Å². The fourth-order valence-electron chi connectivity index (χ4n) is 8.91. The number of aliphatic hydroxyl groups is 2. The van der Waals surface area contributed by atoms with E-state index in [2.05, 4.69) is 13.2 Å². The summed E-state index contributed by atoms with van der Waals surface area (Å²) in [6, 6.07) is 19.5. The van der Waals surface area contributed by atoms with Gasteiger partial charge in [0.15, 0.2) is 11.6 Å². The number of nitrogens with two attached hydrogens (primary N) is 2. The lowest BCUT2D eigenvalue weighted by Crippen LogP contribution is -2.39. The lowest BCUT2D eigenvalue weighted by atomic mass is 9.80. The van der Waals surface area contributed by atoms with E-state index in [0.717, 1.165) is 47.3 Å². The van der Waals surface area contributed by atoms with Crippen molar-refractivity contribution in [3.63, 3.8) is 0 Å². The molecule has 2 saturated carbocycles. The first-order chi connectivity index (χ1) is 29.6. The Kier molecular flexibility index (Phi) is 19.4. The highest BCUT2D eigenvalue weighted by Crippen LogP contribution is 2.35. The van der Waals surface area contributed by atoms with Gasteiger partial charge in [-0.05, 0) is 140 Å². The van der Waals surface area contributed by atoms with Gasteiger partial charge in [0.05, 0.1) is 19.1 Å². The molecule has 3 aromatic rings. The zero-order chi connectivity index (χ0) is 43.4. The molecular formula is C53H70N2O6. The zero-order valence-electron chi connectivity index (χ0n) is 36.2. The van der Waals surface area contributed by atoms with Gasteiger partial charge in [0.1, 0.15) is 23.7 Å². The van der Waals surface area contributed by atoms with Crippen molar-refractivity contribution in [2.45, 2.75) is 121 Å². The van der Waals surface area contributed by atoms with Crippen LogP contribution in [0, 0.1) is 23.7 Å². The fourth-order valence-corrected chi connectivity index (χ4v) is 8.91. The summed E-state index contributed by atoms with van der Waals surface area (Å²) in [6.07, 6.45) is 25.9. The third kappa shape index (κ3) is 15.5. The van der Waals surface area contributed by atoms with Gasteiger partial charge in [-0.3, -0.25) is 9.59 Å². The Hall–Kier alpha value is -4.92. The monoisotopic (exact) mass is 831 g/mol. The van der Waals surface area contributed by atoms with Crippen molar-refractivity contribution in [1.29, 1.82) is 0 Å². The van der Waals surface area contributed by atoms with Gasteiger partial charge in [-0.2, -0.15) is 0 Å². The summed E-state index contributed by atoms with van der Waals surface area (Å²) in [6.45, 7) is 9.02. The van der Waals surface area contributed by atoms with Crippen LogP contribution in [0.1, 0.15) is 125 Å². The Morgan fingerprint density at radius 3 is 1.41 bits per heavy atom. The number of hydrogen-bond acceptors (Lipinski definition) is 8. The fraction of sp³-hybridized carbons (Fsp3) is 0.472. The van der Waals surface area contributed by atoms with Gasteiger partial charge in [-0.1, -0.05) is 106 Å². The lowest BCUT2D eigenvalue weighted by Gasteiger charge is -2.28. The van der Waals surface area contributed by atoms with Crippen molar-refractivity contribution in [3.05, 3.63) is 121 Å². The summed E-state index contributed by atoms with van der Waals surface area (Å²) < 4.78 is 12.3. The van der Waals surface area contributed by atoms with Crippen LogP contribution in [-0.2, 0) is 9.59 Å².